The summed E-state index contributed by atoms with van der Waals surface area (Å²) in [4.78, 5) is 38.8. The smallest absolute Gasteiger partial charge is 0.308 e. The van der Waals surface area contributed by atoms with Gasteiger partial charge in [-0.15, -0.1) is 0 Å². The number of ketones is 1. The molecule has 1 amide bonds. The number of hydrogen-bond acceptors (Lipinski definition) is 6. The maximum absolute atomic E-state index is 13.1. The van der Waals surface area contributed by atoms with Crippen LogP contribution in [0.5, 0.6) is 5.75 Å². The molecule has 1 N–H and O–H groups in total. The van der Waals surface area contributed by atoms with E-state index in [0.717, 1.165) is 4.47 Å². The fourth-order valence-electron chi connectivity index (χ4n) is 3.76. The predicted octanol–water partition coefficient (Wildman–Crippen LogP) is 4.87. The van der Waals surface area contributed by atoms with Crippen LogP contribution in [0.1, 0.15) is 29.7 Å². The number of carbonyl (C=O) groups excluding carboxylic acids is 3. The number of aliphatic hydroxyl groups excluding tert-OH is 1. The highest BCUT2D eigenvalue weighted by Gasteiger charge is 2.47. The van der Waals surface area contributed by atoms with Gasteiger partial charge in [-0.2, -0.15) is 5.26 Å². The Kier molecular flexibility index (Phi) is 6.30. The summed E-state index contributed by atoms with van der Waals surface area (Å²) < 4.78 is 5.87. The molecule has 7 nitrogen and oxygen atoms in total. The molecule has 3 aromatic rings. The van der Waals surface area contributed by atoms with Crippen molar-refractivity contribution in [1.82, 2.24) is 0 Å². The topological polar surface area (TPSA) is 108 Å². The zero-order valence-corrected chi connectivity index (χ0v) is 19.4. The van der Waals surface area contributed by atoms with Crippen LogP contribution in [0, 0.1) is 11.3 Å². The van der Waals surface area contributed by atoms with E-state index in [2.05, 4.69) is 15.9 Å². The quantitative estimate of drug-likeness (QED) is 0.174. The Morgan fingerprint density at radius 3 is 2.18 bits per heavy atom. The Labute approximate surface area is 203 Å². The lowest BCUT2D eigenvalue weighted by Gasteiger charge is -2.25. The van der Waals surface area contributed by atoms with Crippen LogP contribution >= 0.6 is 15.9 Å². The number of Topliss-reactive ketones (excluding diaryl/α,β-unsaturated/α-hetero) is 1. The molecule has 0 spiro atoms. The molecule has 8 heteroatoms. The van der Waals surface area contributed by atoms with Gasteiger partial charge in [0.05, 0.1) is 23.2 Å². The fourth-order valence-corrected chi connectivity index (χ4v) is 4.02. The molecule has 0 aromatic heterocycles. The number of aliphatic hydroxyl groups is 1. The maximum atomic E-state index is 13.1. The lowest BCUT2D eigenvalue weighted by Crippen LogP contribution is -2.29. The Morgan fingerprint density at radius 1 is 1.00 bits per heavy atom. The number of benzene rings is 3. The molecule has 34 heavy (non-hydrogen) atoms. The maximum Gasteiger partial charge on any atom is 0.308 e. The molecular formula is C26H17BrN2O5. The third-order valence-corrected chi connectivity index (χ3v) is 5.82. The van der Waals surface area contributed by atoms with Gasteiger partial charge in [0, 0.05) is 22.6 Å². The van der Waals surface area contributed by atoms with Crippen molar-refractivity contribution in [2.45, 2.75) is 13.0 Å². The number of rotatable bonds is 4. The van der Waals surface area contributed by atoms with Crippen LogP contribution in [0.3, 0.4) is 0 Å². The first-order valence-corrected chi connectivity index (χ1v) is 10.9. The molecule has 0 bridgehead atoms. The highest BCUT2D eigenvalue weighted by molar-refractivity contribution is 9.10. The van der Waals surface area contributed by atoms with Crippen LogP contribution in [0.15, 0.2) is 82.8 Å². The van der Waals surface area contributed by atoms with Crippen molar-refractivity contribution in [3.8, 4) is 11.8 Å². The molecule has 1 unspecified atom stereocenters. The summed E-state index contributed by atoms with van der Waals surface area (Å²) in [5.74, 6) is -2.13. The molecular weight excluding hydrogens is 500 g/mol. The van der Waals surface area contributed by atoms with Gasteiger partial charge in [0.25, 0.3) is 11.7 Å². The largest absolute Gasteiger partial charge is 0.507 e. The van der Waals surface area contributed by atoms with E-state index in [1.54, 1.807) is 72.8 Å². The predicted molar refractivity (Wildman–Crippen MR) is 128 cm³/mol. The van der Waals surface area contributed by atoms with E-state index < -0.39 is 23.7 Å². The van der Waals surface area contributed by atoms with E-state index >= 15 is 0 Å². The van der Waals surface area contributed by atoms with Crippen LogP contribution in [0.4, 0.5) is 5.69 Å². The van der Waals surface area contributed by atoms with E-state index in [0.29, 0.717) is 28.1 Å². The Morgan fingerprint density at radius 2 is 1.62 bits per heavy atom. The molecule has 1 fully saturated rings. The first kappa shape index (κ1) is 23.0. The highest BCUT2D eigenvalue weighted by atomic mass is 79.9. The lowest BCUT2D eigenvalue weighted by molar-refractivity contribution is -0.132. The van der Waals surface area contributed by atoms with Gasteiger partial charge in [0.1, 0.15) is 11.5 Å². The number of halogens is 1. The van der Waals surface area contributed by atoms with Gasteiger partial charge in [0.15, 0.2) is 0 Å². The molecule has 1 atom stereocenters. The fraction of sp³-hybridized carbons (Fsp3) is 0.0769. The third kappa shape index (κ3) is 4.34. The Balaban J connectivity index is 1.89. The Hall–Kier alpha value is -4.22. The molecule has 0 aliphatic carbocycles. The first-order chi connectivity index (χ1) is 16.3. The van der Waals surface area contributed by atoms with Crippen molar-refractivity contribution in [1.29, 1.82) is 5.26 Å². The molecule has 4 rings (SSSR count). The summed E-state index contributed by atoms with van der Waals surface area (Å²) in [5, 5.41) is 20.2. The van der Waals surface area contributed by atoms with Crippen LogP contribution in [0.2, 0.25) is 0 Å². The van der Waals surface area contributed by atoms with Gasteiger partial charge in [-0.1, -0.05) is 40.2 Å². The molecule has 3 aromatic carbocycles. The van der Waals surface area contributed by atoms with Crippen LogP contribution in [0.25, 0.3) is 5.76 Å². The summed E-state index contributed by atoms with van der Waals surface area (Å²) in [6, 6.07) is 20.4. The second kappa shape index (κ2) is 9.33. The van der Waals surface area contributed by atoms with Crippen molar-refractivity contribution >= 4 is 45.0 Å². The summed E-state index contributed by atoms with van der Waals surface area (Å²) in [6.45, 7) is 1.28. The molecule has 168 valence electrons. The zero-order chi connectivity index (χ0) is 24.4. The lowest BCUT2D eigenvalue weighted by atomic mass is 9.95. The minimum Gasteiger partial charge on any atom is -0.507 e. The minimum atomic E-state index is -0.942. The molecule has 1 heterocycles. The first-order valence-electron chi connectivity index (χ1n) is 10.2. The summed E-state index contributed by atoms with van der Waals surface area (Å²) in [5.41, 5.74) is 1.63. The second-order valence-electron chi connectivity index (χ2n) is 7.50. The number of hydrogen-bond donors (Lipinski definition) is 1. The van der Waals surface area contributed by atoms with Crippen molar-refractivity contribution in [3.63, 3.8) is 0 Å². The summed E-state index contributed by atoms with van der Waals surface area (Å²) in [7, 11) is 0. The second-order valence-corrected chi connectivity index (χ2v) is 8.41. The third-order valence-electron chi connectivity index (χ3n) is 5.29. The number of nitrogens with zero attached hydrogens (tertiary/aromatic N) is 2. The monoisotopic (exact) mass is 516 g/mol. The highest BCUT2D eigenvalue weighted by Crippen LogP contribution is 2.42. The van der Waals surface area contributed by atoms with E-state index in [9.17, 15) is 19.5 Å². The summed E-state index contributed by atoms with van der Waals surface area (Å²) in [6.07, 6.45) is 0. The van der Waals surface area contributed by atoms with E-state index in [4.69, 9.17) is 10.00 Å². The van der Waals surface area contributed by atoms with Crippen molar-refractivity contribution < 1.29 is 24.2 Å². The molecule has 0 saturated carbocycles. The number of anilines is 1. The van der Waals surface area contributed by atoms with Crippen molar-refractivity contribution in [2.75, 3.05) is 4.90 Å². The van der Waals surface area contributed by atoms with Gasteiger partial charge in [0.2, 0.25) is 0 Å². The number of ether oxygens (including phenoxy) is 1. The van der Waals surface area contributed by atoms with Crippen molar-refractivity contribution in [3.05, 3.63) is 99.5 Å². The average molecular weight is 517 g/mol. The normalized spacial score (nSPS) is 16.9. The van der Waals surface area contributed by atoms with Crippen LogP contribution < -0.4 is 9.64 Å². The van der Waals surface area contributed by atoms with Crippen molar-refractivity contribution in [2.24, 2.45) is 0 Å². The number of amides is 1. The van der Waals surface area contributed by atoms with Crippen LogP contribution in [-0.2, 0) is 14.4 Å². The molecule has 1 aliphatic rings. The van der Waals surface area contributed by atoms with Crippen LogP contribution in [-0.4, -0.2) is 22.8 Å². The van der Waals surface area contributed by atoms with Gasteiger partial charge in [-0.25, -0.2) is 0 Å². The van der Waals surface area contributed by atoms with Gasteiger partial charge in [-0.05, 0) is 54.1 Å². The SMILES string of the molecule is CC(=O)Oc1ccc(C2/C(=C(\O)c3ccc(Br)cc3)C(=O)C(=O)N2c2ccc(C#N)cc2)cc1. The molecule has 1 saturated heterocycles. The number of esters is 1. The zero-order valence-electron chi connectivity index (χ0n) is 17.9. The molecule has 1 aliphatic heterocycles. The van der Waals surface area contributed by atoms with Gasteiger partial charge < -0.3 is 9.84 Å². The minimum absolute atomic E-state index is 0.0723. The van der Waals surface area contributed by atoms with E-state index in [1.165, 1.54) is 11.8 Å². The average Bonchev–Trinajstić information content (AvgIpc) is 3.09. The van der Waals surface area contributed by atoms with E-state index in [1.807, 2.05) is 6.07 Å². The standard InChI is InChI=1S/C26H17BrN2O5/c1-15(30)34-21-12-6-17(7-13-21)23-22(24(31)18-4-8-19(27)9-5-18)25(32)26(33)29(23)20-10-2-16(14-28)3-11-20/h2-13,23,31H,1H3/b24-22+. The summed E-state index contributed by atoms with van der Waals surface area (Å²) >= 11 is 3.34. The van der Waals surface area contributed by atoms with Gasteiger partial charge >= 0.3 is 5.97 Å². The molecule has 0 radical (unpaired) electrons. The number of carbonyl (C=O) groups is 3. The number of nitriles is 1. The Bertz CT molecular complexity index is 1350. The van der Waals surface area contributed by atoms with Gasteiger partial charge in [-0.3, -0.25) is 19.3 Å². The van der Waals surface area contributed by atoms with E-state index in [-0.39, 0.29) is 11.3 Å².